The Balaban J connectivity index is 2.79. The van der Waals surface area contributed by atoms with Crippen LogP contribution in [-0.2, 0) is 11.3 Å². The zero-order chi connectivity index (χ0) is 17.3. The Labute approximate surface area is 141 Å². The lowest BCUT2D eigenvalue weighted by molar-refractivity contribution is -0.0520. The van der Waals surface area contributed by atoms with E-state index in [1.54, 1.807) is 12.2 Å². The molecule has 0 heterocycles. The van der Waals surface area contributed by atoms with Crippen molar-refractivity contribution < 1.29 is 9.84 Å². The van der Waals surface area contributed by atoms with Gasteiger partial charge in [0.1, 0.15) is 8.07 Å². The molecule has 0 unspecified atom stereocenters. The molecule has 1 rings (SSSR count). The number of hydrogen-bond donors (Lipinski definition) is 1. The Bertz CT molecular complexity index is 540. The summed E-state index contributed by atoms with van der Waals surface area (Å²) in [5, 5.41) is 10.6. The Morgan fingerprint density at radius 2 is 1.78 bits per heavy atom. The molecule has 0 aliphatic heterocycles. The molecule has 124 valence electrons. The molecule has 3 heteroatoms. The molecule has 23 heavy (non-hydrogen) atoms. The second kappa shape index (κ2) is 9.52. The van der Waals surface area contributed by atoms with E-state index in [-0.39, 0.29) is 12.0 Å². The summed E-state index contributed by atoms with van der Waals surface area (Å²) < 4.78 is 5.96. The predicted octanol–water partition coefficient (Wildman–Crippen LogP) is 4.19. The summed E-state index contributed by atoms with van der Waals surface area (Å²) in [6, 6.07) is 9.95. The minimum atomic E-state index is -1.43. The molecule has 0 fully saturated rings. The van der Waals surface area contributed by atoms with Gasteiger partial charge >= 0.3 is 0 Å². The van der Waals surface area contributed by atoms with Crippen LogP contribution in [0, 0.1) is 17.4 Å². The average molecular weight is 329 g/mol. The molecule has 1 aromatic rings. The highest BCUT2D eigenvalue weighted by Gasteiger charge is 2.24. The fourth-order valence-electron chi connectivity index (χ4n) is 2.10. The maximum Gasteiger partial charge on any atom is 0.129 e. The highest BCUT2D eigenvalue weighted by Crippen LogP contribution is 2.17. The van der Waals surface area contributed by atoms with Gasteiger partial charge in [0.2, 0.25) is 0 Å². The molecular weight excluding hydrogens is 300 g/mol. The monoisotopic (exact) mass is 328 g/mol. The van der Waals surface area contributed by atoms with Crippen LogP contribution in [-0.4, -0.2) is 25.4 Å². The molecule has 0 saturated carbocycles. The summed E-state index contributed by atoms with van der Waals surface area (Å²) in [6.45, 7) is 14.6. The molecule has 0 bridgehead atoms. The van der Waals surface area contributed by atoms with Crippen molar-refractivity contribution in [3.8, 4) is 11.5 Å². The van der Waals surface area contributed by atoms with Crippen LogP contribution < -0.4 is 0 Å². The molecule has 2 nitrogen and oxygen atoms in total. The maximum atomic E-state index is 10.6. The molecule has 0 aliphatic rings. The molecule has 0 radical (unpaired) electrons. The summed E-state index contributed by atoms with van der Waals surface area (Å²) in [7, 11) is -1.43. The zero-order valence-electron chi connectivity index (χ0n) is 14.5. The van der Waals surface area contributed by atoms with Crippen molar-refractivity contribution >= 4 is 8.07 Å². The number of aliphatic hydroxyl groups is 1. The van der Waals surface area contributed by atoms with Gasteiger partial charge in [-0.3, -0.25) is 0 Å². The molecule has 1 aromatic carbocycles. The summed E-state index contributed by atoms with van der Waals surface area (Å²) in [4.78, 5) is 0. The Kier molecular flexibility index (Phi) is 8.05. The highest BCUT2D eigenvalue weighted by molar-refractivity contribution is 6.83. The number of benzene rings is 1. The Morgan fingerprint density at radius 3 is 2.30 bits per heavy atom. The zero-order valence-corrected chi connectivity index (χ0v) is 15.5. The first-order valence-corrected chi connectivity index (χ1v) is 11.5. The smallest absolute Gasteiger partial charge is 0.129 e. The van der Waals surface area contributed by atoms with Crippen LogP contribution in [0.5, 0.6) is 0 Å². The van der Waals surface area contributed by atoms with E-state index in [0.29, 0.717) is 13.0 Å². The Hall–Kier alpha value is -1.60. The average Bonchev–Trinajstić information content (AvgIpc) is 2.51. The molecule has 1 N–H and O–H groups in total. The van der Waals surface area contributed by atoms with Gasteiger partial charge in [0.15, 0.2) is 0 Å². The molecule has 0 aromatic heterocycles. The van der Waals surface area contributed by atoms with Crippen LogP contribution >= 0.6 is 0 Å². The summed E-state index contributed by atoms with van der Waals surface area (Å²) in [5.41, 5.74) is 4.41. The van der Waals surface area contributed by atoms with Crippen molar-refractivity contribution in [3.05, 3.63) is 61.2 Å². The van der Waals surface area contributed by atoms with Gasteiger partial charge in [-0.15, -0.1) is 24.6 Å². The topological polar surface area (TPSA) is 29.5 Å². The lowest BCUT2D eigenvalue weighted by Gasteiger charge is -2.25. The van der Waals surface area contributed by atoms with E-state index in [2.05, 4.69) is 44.3 Å². The number of hydrogen-bond acceptors (Lipinski definition) is 2. The van der Waals surface area contributed by atoms with Gasteiger partial charge in [0.05, 0.1) is 18.8 Å². The van der Waals surface area contributed by atoms with Crippen molar-refractivity contribution in [2.45, 2.75) is 44.9 Å². The van der Waals surface area contributed by atoms with Crippen molar-refractivity contribution in [3.63, 3.8) is 0 Å². The molecule has 0 spiro atoms. The van der Waals surface area contributed by atoms with Gasteiger partial charge in [-0.25, -0.2) is 0 Å². The third-order valence-electron chi connectivity index (χ3n) is 3.39. The van der Waals surface area contributed by atoms with Gasteiger partial charge in [-0.05, 0) is 5.56 Å². The largest absolute Gasteiger partial charge is 0.389 e. The Morgan fingerprint density at radius 1 is 1.17 bits per heavy atom. The number of aliphatic hydroxyl groups excluding tert-OH is 1. The van der Waals surface area contributed by atoms with Gasteiger partial charge < -0.3 is 9.84 Å². The fraction of sp³-hybridized carbons (Fsp3) is 0.400. The fourth-order valence-corrected chi connectivity index (χ4v) is 2.73. The van der Waals surface area contributed by atoms with Gasteiger partial charge in [-0.1, -0.05) is 62.1 Å². The second-order valence-electron chi connectivity index (χ2n) is 6.63. The summed E-state index contributed by atoms with van der Waals surface area (Å²) >= 11 is 0. The highest BCUT2D eigenvalue weighted by atomic mass is 28.3. The van der Waals surface area contributed by atoms with Gasteiger partial charge in [-0.2, -0.15) is 0 Å². The van der Waals surface area contributed by atoms with Crippen molar-refractivity contribution in [2.75, 3.05) is 0 Å². The van der Waals surface area contributed by atoms with Crippen molar-refractivity contribution in [1.29, 1.82) is 0 Å². The van der Waals surface area contributed by atoms with Crippen LogP contribution in [0.1, 0.15) is 12.0 Å². The standard InChI is InChI=1S/C20H28O2Si/c1-6-18(7-2)20(21)19(14-11-15-23(3,4)5)22-16-17-12-9-8-10-13-17/h6-10,12-13,18-21H,1-2,14,16H2,3-5H3/t19-,20-/m0/s1. The number of ether oxygens (including phenoxy) is 1. The second-order valence-corrected chi connectivity index (χ2v) is 11.4. The molecule has 0 aliphatic carbocycles. The van der Waals surface area contributed by atoms with E-state index in [1.165, 1.54) is 0 Å². The van der Waals surface area contributed by atoms with Crippen LogP contribution in [0.4, 0.5) is 0 Å². The first kappa shape index (κ1) is 19.4. The SMILES string of the molecule is C=CC(C=C)[C@H](O)[C@H](CC#C[Si](C)(C)C)OCc1ccccc1. The predicted molar refractivity (Wildman–Crippen MR) is 101 cm³/mol. The van der Waals surface area contributed by atoms with Crippen LogP contribution in [0.15, 0.2) is 55.6 Å². The van der Waals surface area contributed by atoms with Crippen molar-refractivity contribution in [1.82, 2.24) is 0 Å². The minimum absolute atomic E-state index is 0.204. The van der Waals surface area contributed by atoms with Gasteiger partial charge in [0, 0.05) is 12.3 Å². The third kappa shape index (κ3) is 7.47. The van der Waals surface area contributed by atoms with E-state index in [1.807, 2.05) is 30.3 Å². The van der Waals surface area contributed by atoms with Crippen molar-refractivity contribution in [2.24, 2.45) is 5.92 Å². The normalized spacial score (nSPS) is 13.8. The van der Waals surface area contributed by atoms with E-state index in [4.69, 9.17) is 4.74 Å². The van der Waals surface area contributed by atoms with E-state index < -0.39 is 14.2 Å². The first-order chi connectivity index (χ1) is 10.9. The molecule has 0 amide bonds. The van der Waals surface area contributed by atoms with Crippen LogP contribution in [0.2, 0.25) is 19.6 Å². The number of rotatable bonds is 8. The molecule has 0 saturated heterocycles. The van der Waals surface area contributed by atoms with Crippen LogP contribution in [0.25, 0.3) is 0 Å². The lowest BCUT2D eigenvalue weighted by atomic mass is 9.96. The molecule has 2 atom stereocenters. The van der Waals surface area contributed by atoms with Crippen LogP contribution in [0.3, 0.4) is 0 Å². The van der Waals surface area contributed by atoms with Gasteiger partial charge in [0.25, 0.3) is 0 Å². The van der Waals surface area contributed by atoms with E-state index in [9.17, 15) is 5.11 Å². The minimum Gasteiger partial charge on any atom is -0.389 e. The molecular formula is C20H28O2Si. The third-order valence-corrected chi connectivity index (χ3v) is 4.32. The van der Waals surface area contributed by atoms with E-state index >= 15 is 0 Å². The summed E-state index contributed by atoms with van der Waals surface area (Å²) in [5.74, 6) is 3.00. The maximum absolute atomic E-state index is 10.6. The van der Waals surface area contributed by atoms with E-state index in [0.717, 1.165) is 5.56 Å². The quantitative estimate of drug-likeness (QED) is 0.440. The summed E-state index contributed by atoms with van der Waals surface area (Å²) in [6.07, 6.45) is 2.85. The first-order valence-electron chi connectivity index (χ1n) is 7.96. The lowest BCUT2D eigenvalue weighted by Crippen LogP contribution is -2.34.